The average Bonchev–Trinajstić information content (AvgIpc) is 3.19. The van der Waals surface area contributed by atoms with Gasteiger partial charge in [-0.3, -0.25) is 4.79 Å². The van der Waals surface area contributed by atoms with Gasteiger partial charge in [0.15, 0.2) is 0 Å². The maximum absolute atomic E-state index is 14.9. The molecule has 2 atom stereocenters. The Kier molecular flexibility index (Phi) is 14.1. The molecular weight excluding hydrogens is 705 g/mol. The zero-order valence-corrected chi connectivity index (χ0v) is 30.1. The van der Waals surface area contributed by atoms with Gasteiger partial charge < -0.3 is 40.7 Å². The van der Waals surface area contributed by atoms with E-state index in [0.29, 0.717) is 47.4 Å². The van der Waals surface area contributed by atoms with Crippen LogP contribution in [0.5, 0.6) is 11.5 Å². The third kappa shape index (κ3) is 11.0. The fourth-order valence-corrected chi connectivity index (χ4v) is 5.96. The summed E-state index contributed by atoms with van der Waals surface area (Å²) in [5.41, 5.74) is 4.75. The first kappa shape index (κ1) is 39.7. The average molecular weight is 748 g/mol. The number of aliphatic hydroxyl groups is 1. The number of benzene rings is 5. The van der Waals surface area contributed by atoms with Gasteiger partial charge in [0.1, 0.15) is 30.5 Å². The summed E-state index contributed by atoms with van der Waals surface area (Å²) in [6, 6.07) is 30.2. The molecule has 0 saturated carbocycles. The summed E-state index contributed by atoms with van der Waals surface area (Å²) < 4.78 is 26.3. The first-order valence-electron chi connectivity index (χ1n) is 17.5. The lowest BCUT2D eigenvalue weighted by Crippen LogP contribution is -2.27. The second kappa shape index (κ2) is 19.5. The molecule has 0 aliphatic rings. The van der Waals surface area contributed by atoms with E-state index in [1.165, 1.54) is 12.1 Å². The Labute approximate surface area is 318 Å². The van der Waals surface area contributed by atoms with Crippen LogP contribution in [0.1, 0.15) is 68.4 Å². The smallest absolute Gasteiger partial charge is 0.405 e. The monoisotopic (exact) mass is 747 g/mol. The van der Waals surface area contributed by atoms with Crippen LogP contribution in [0.3, 0.4) is 0 Å². The molecule has 5 aromatic carbocycles. The number of halogens is 1. The third-order valence-electron chi connectivity index (χ3n) is 8.74. The lowest BCUT2D eigenvalue weighted by Gasteiger charge is -2.19. The van der Waals surface area contributed by atoms with Crippen molar-refractivity contribution in [3.05, 3.63) is 166 Å². The Hall–Kier alpha value is -6.50. The van der Waals surface area contributed by atoms with E-state index in [1.54, 1.807) is 79.7 Å². The highest BCUT2D eigenvalue weighted by Crippen LogP contribution is 2.34. The molecule has 5 rings (SSSR count). The van der Waals surface area contributed by atoms with Gasteiger partial charge >= 0.3 is 12.1 Å². The maximum Gasteiger partial charge on any atom is 0.405 e. The highest BCUT2D eigenvalue weighted by molar-refractivity contribution is 5.89. The van der Waals surface area contributed by atoms with Crippen molar-refractivity contribution < 1.29 is 43.6 Å². The highest BCUT2D eigenvalue weighted by atomic mass is 19.1. The van der Waals surface area contributed by atoms with Gasteiger partial charge in [-0.1, -0.05) is 84.9 Å². The number of allylic oxidation sites excluding steroid dienone is 1. The molecule has 0 aliphatic heterocycles. The van der Waals surface area contributed by atoms with E-state index in [0.717, 1.165) is 16.7 Å². The van der Waals surface area contributed by atoms with Crippen LogP contribution in [0.25, 0.3) is 6.08 Å². The van der Waals surface area contributed by atoms with Gasteiger partial charge in [0.05, 0.1) is 23.4 Å². The van der Waals surface area contributed by atoms with Gasteiger partial charge in [0, 0.05) is 17.7 Å². The molecule has 0 radical (unpaired) electrons. The molecule has 11 nitrogen and oxygen atoms in total. The number of carbonyl (C=O) groups is 3. The minimum absolute atomic E-state index is 0.117. The van der Waals surface area contributed by atoms with E-state index >= 15 is 0 Å². The van der Waals surface area contributed by atoms with Gasteiger partial charge in [-0.05, 0) is 84.1 Å². The molecule has 0 aromatic heterocycles. The van der Waals surface area contributed by atoms with Gasteiger partial charge in [-0.2, -0.15) is 0 Å². The van der Waals surface area contributed by atoms with Crippen molar-refractivity contribution >= 4 is 30.2 Å². The number of carbonyl (C=O) groups excluding carboxylic acids is 2. The van der Waals surface area contributed by atoms with Crippen molar-refractivity contribution in [3.8, 4) is 11.5 Å². The number of phenols is 1. The predicted molar refractivity (Wildman–Crippen MR) is 206 cm³/mol. The molecule has 0 saturated heterocycles. The van der Waals surface area contributed by atoms with Crippen LogP contribution in [-0.2, 0) is 29.2 Å². The molecule has 0 heterocycles. The van der Waals surface area contributed by atoms with E-state index < -0.39 is 30.0 Å². The molecule has 12 heteroatoms. The summed E-state index contributed by atoms with van der Waals surface area (Å²) >= 11 is 0. The lowest BCUT2D eigenvalue weighted by molar-refractivity contribution is -0.105. The predicted octanol–water partition coefficient (Wildman–Crippen LogP) is 7.29. The van der Waals surface area contributed by atoms with Crippen LogP contribution in [-0.4, -0.2) is 46.9 Å². The Balaban J connectivity index is 1.08. The van der Waals surface area contributed by atoms with Crippen molar-refractivity contribution in [2.24, 2.45) is 0 Å². The number of anilines is 1. The van der Waals surface area contributed by atoms with E-state index in [9.17, 15) is 34.1 Å². The number of carboxylic acid groups (broad SMARTS) is 1. The summed E-state index contributed by atoms with van der Waals surface area (Å²) in [4.78, 5) is 35.3. The van der Waals surface area contributed by atoms with Crippen molar-refractivity contribution in [2.45, 2.75) is 38.7 Å². The summed E-state index contributed by atoms with van der Waals surface area (Å²) in [6.45, 7) is 2.35. The van der Waals surface area contributed by atoms with E-state index in [-0.39, 0.29) is 36.8 Å². The molecule has 55 heavy (non-hydrogen) atoms. The first-order chi connectivity index (χ1) is 26.7. The largest absolute Gasteiger partial charge is 0.506 e. The van der Waals surface area contributed by atoms with Crippen LogP contribution >= 0.6 is 0 Å². The second-order valence-electron chi connectivity index (χ2n) is 12.5. The normalized spacial score (nSPS) is 12.1. The molecule has 0 spiro atoms. The Morgan fingerprint density at radius 1 is 0.873 bits per heavy atom. The molecule has 0 bridgehead atoms. The molecule has 0 fully saturated rings. The Bertz CT molecular complexity index is 2110. The van der Waals surface area contributed by atoms with Gasteiger partial charge in [0.2, 0.25) is 6.41 Å². The van der Waals surface area contributed by atoms with E-state index in [4.69, 9.17) is 9.47 Å². The zero-order chi connectivity index (χ0) is 39.2. The number of rotatable bonds is 18. The number of phenolic OH excluding ortho intramolecular Hbond substituents is 1. The van der Waals surface area contributed by atoms with Crippen LogP contribution in [0.4, 0.5) is 14.9 Å². The molecule has 6 N–H and O–H groups in total. The third-order valence-corrected chi connectivity index (χ3v) is 8.74. The van der Waals surface area contributed by atoms with E-state index in [1.807, 2.05) is 36.4 Å². The fraction of sp³-hybridized carbons (Fsp3) is 0.186. The summed E-state index contributed by atoms with van der Waals surface area (Å²) in [7, 11) is 0. The molecule has 0 aliphatic carbocycles. The standard InChI is InChI=1S/C43H42FN3O8/c1-2-7-36-35(18-19-38(49)41(36)46-27-48)39(50)24-45-21-20-28-12-17-33(37(44)22-28)26-55-42(51)31-15-13-29(14-16-31)25-54-34-11-6-10-32(23-34)40(47-43(52)53)30-8-4-3-5-9-30/h2-19,22-23,27,39-40,45,47,49-50H,20-21,24-26H2,1H3,(H,46,48)(H,52,53)/b7-2-. The van der Waals surface area contributed by atoms with Crippen molar-refractivity contribution in [2.75, 3.05) is 18.4 Å². The summed E-state index contributed by atoms with van der Waals surface area (Å²) in [6.07, 6.45) is 2.27. The fourth-order valence-electron chi connectivity index (χ4n) is 5.96. The van der Waals surface area contributed by atoms with Crippen LogP contribution in [0.15, 0.2) is 115 Å². The quantitative estimate of drug-likeness (QED) is 0.0234. The SMILES string of the molecule is C/C=C\c1c(C(O)CNCCc2ccc(COC(=O)c3ccc(COc4cccc(C(NC(=O)O)c5ccccc5)c4)cc3)c(F)c2)ccc(O)c1NC=O. The zero-order valence-electron chi connectivity index (χ0n) is 30.1. The molecule has 5 aromatic rings. The number of esters is 1. The first-order valence-corrected chi connectivity index (χ1v) is 17.5. The van der Waals surface area contributed by atoms with E-state index in [2.05, 4.69) is 16.0 Å². The Morgan fingerprint density at radius 3 is 2.33 bits per heavy atom. The van der Waals surface area contributed by atoms with Crippen LogP contribution in [0, 0.1) is 5.82 Å². The number of nitrogens with one attached hydrogen (secondary N) is 3. The molecule has 2 unspecified atom stereocenters. The van der Waals surface area contributed by atoms with Crippen molar-refractivity contribution in [1.29, 1.82) is 0 Å². The second-order valence-corrected chi connectivity index (χ2v) is 12.5. The molecular formula is C43H42FN3O8. The summed E-state index contributed by atoms with van der Waals surface area (Å²) in [5, 5.41) is 38.5. The minimum Gasteiger partial charge on any atom is -0.506 e. The lowest BCUT2D eigenvalue weighted by atomic mass is 9.98. The number of ether oxygens (including phenoxy) is 2. The maximum atomic E-state index is 14.9. The van der Waals surface area contributed by atoms with Crippen molar-refractivity contribution in [3.63, 3.8) is 0 Å². The number of amides is 2. The molecule has 284 valence electrons. The number of aromatic hydroxyl groups is 1. The molecule has 2 amide bonds. The number of hydrogen-bond donors (Lipinski definition) is 6. The Morgan fingerprint density at radius 2 is 1.62 bits per heavy atom. The van der Waals surface area contributed by atoms with Gasteiger partial charge in [-0.15, -0.1) is 0 Å². The van der Waals surface area contributed by atoms with Crippen LogP contribution in [0.2, 0.25) is 0 Å². The number of hydrogen-bond acceptors (Lipinski definition) is 8. The summed E-state index contributed by atoms with van der Waals surface area (Å²) in [5.74, 6) is -0.685. The van der Waals surface area contributed by atoms with Crippen LogP contribution < -0.4 is 20.7 Å². The van der Waals surface area contributed by atoms with Crippen molar-refractivity contribution in [1.82, 2.24) is 10.6 Å². The van der Waals surface area contributed by atoms with Gasteiger partial charge in [0.25, 0.3) is 0 Å². The minimum atomic E-state index is -1.14. The topological polar surface area (TPSA) is 166 Å². The highest BCUT2D eigenvalue weighted by Gasteiger charge is 2.19. The van der Waals surface area contributed by atoms with Gasteiger partial charge in [-0.25, -0.2) is 14.0 Å². The number of aliphatic hydroxyl groups excluding tert-OH is 1.